The molecule has 0 radical (unpaired) electrons. The van der Waals surface area contributed by atoms with E-state index in [1.165, 1.54) is 6.42 Å². The van der Waals surface area contributed by atoms with Gasteiger partial charge in [0, 0.05) is 20.5 Å². The zero-order chi connectivity index (χ0) is 10.1. The molecule has 0 aliphatic carbocycles. The third-order valence-electron chi connectivity index (χ3n) is 3.02. The summed E-state index contributed by atoms with van der Waals surface area (Å²) in [5, 5.41) is 3.09. The van der Waals surface area contributed by atoms with Gasteiger partial charge in [-0.05, 0) is 18.9 Å². The highest BCUT2D eigenvalue weighted by molar-refractivity contribution is 6.77. The minimum atomic E-state index is -1.10. The zero-order valence-corrected chi connectivity index (χ0v) is 10.2. The predicted molar refractivity (Wildman–Crippen MR) is 58.6 cm³/mol. The molecule has 0 saturated carbocycles. The molecule has 2 nitrogen and oxygen atoms in total. The van der Waals surface area contributed by atoms with Crippen LogP contribution in [0.25, 0.3) is 0 Å². The van der Waals surface area contributed by atoms with Crippen LogP contribution in [0.15, 0.2) is 0 Å². The van der Waals surface area contributed by atoms with Gasteiger partial charge in [-0.2, -0.15) is 0 Å². The highest BCUT2D eigenvalue weighted by Gasteiger charge is 2.33. The predicted octanol–water partition coefficient (Wildman–Crippen LogP) is 2.38. The largest absolute Gasteiger partial charge is 0.354 e. The van der Waals surface area contributed by atoms with Crippen molar-refractivity contribution in [1.29, 1.82) is 0 Å². The van der Waals surface area contributed by atoms with Gasteiger partial charge in [0.05, 0.1) is 0 Å². The van der Waals surface area contributed by atoms with Crippen LogP contribution in [0.1, 0.15) is 26.2 Å². The lowest BCUT2D eigenvalue weighted by Crippen LogP contribution is -2.42. The first kappa shape index (κ1) is 10.8. The van der Waals surface area contributed by atoms with Gasteiger partial charge in [0.15, 0.2) is 0 Å². The molecule has 1 rings (SSSR count). The van der Waals surface area contributed by atoms with Gasteiger partial charge in [0.2, 0.25) is 5.91 Å². The SMILES string of the molecule is C[C@@H]1NC(=O)CCC[C@H]1[Si](C)(C)C. The van der Waals surface area contributed by atoms with Crippen molar-refractivity contribution in [2.45, 2.75) is 57.4 Å². The third-order valence-corrected chi connectivity index (χ3v) is 6.04. The highest BCUT2D eigenvalue weighted by Crippen LogP contribution is 2.32. The van der Waals surface area contributed by atoms with Crippen molar-refractivity contribution < 1.29 is 4.79 Å². The van der Waals surface area contributed by atoms with E-state index in [4.69, 9.17) is 0 Å². The van der Waals surface area contributed by atoms with Gasteiger partial charge in [-0.15, -0.1) is 0 Å². The van der Waals surface area contributed by atoms with E-state index in [0.717, 1.165) is 18.4 Å². The smallest absolute Gasteiger partial charge is 0.220 e. The van der Waals surface area contributed by atoms with Gasteiger partial charge >= 0.3 is 0 Å². The van der Waals surface area contributed by atoms with Gasteiger partial charge in [0.25, 0.3) is 0 Å². The molecule has 1 heterocycles. The second kappa shape index (κ2) is 3.82. The molecule has 1 amide bonds. The Morgan fingerprint density at radius 3 is 2.54 bits per heavy atom. The van der Waals surface area contributed by atoms with E-state index in [9.17, 15) is 4.79 Å². The molecule has 13 heavy (non-hydrogen) atoms. The normalized spacial score (nSPS) is 30.9. The van der Waals surface area contributed by atoms with E-state index in [1.54, 1.807) is 0 Å². The van der Waals surface area contributed by atoms with E-state index < -0.39 is 8.07 Å². The molecule has 3 heteroatoms. The number of nitrogens with one attached hydrogen (secondary N) is 1. The van der Waals surface area contributed by atoms with Gasteiger partial charge in [0.1, 0.15) is 0 Å². The molecule has 1 N–H and O–H groups in total. The number of hydrogen-bond donors (Lipinski definition) is 1. The lowest BCUT2D eigenvalue weighted by atomic mass is 10.1. The molecule has 1 fully saturated rings. The van der Waals surface area contributed by atoms with Crippen molar-refractivity contribution >= 4 is 14.0 Å². The Bertz CT molecular complexity index is 198. The molecular formula is C10H21NOSi. The molecule has 0 spiro atoms. The summed E-state index contributed by atoms with van der Waals surface area (Å²) >= 11 is 0. The Morgan fingerprint density at radius 1 is 1.38 bits per heavy atom. The van der Waals surface area contributed by atoms with E-state index >= 15 is 0 Å². The lowest BCUT2D eigenvalue weighted by Gasteiger charge is -2.32. The first-order chi connectivity index (χ1) is 5.91. The molecule has 2 atom stereocenters. The average molecular weight is 199 g/mol. The summed E-state index contributed by atoms with van der Waals surface area (Å²) in [6.45, 7) is 9.34. The minimum Gasteiger partial charge on any atom is -0.354 e. The van der Waals surface area contributed by atoms with Crippen LogP contribution in [0.5, 0.6) is 0 Å². The summed E-state index contributed by atoms with van der Waals surface area (Å²) in [5.41, 5.74) is 0.749. The fourth-order valence-corrected chi connectivity index (χ4v) is 5.00. The molecule has 1 aliphatic heterocycles. The summed E-state index contributed by atoms with van der Waals surface area (Å²) in [6, 6.07) is 0.390. The summed E-state index contributed by atoms with van der Waals surface area (Å²) in [6.07, 6.45) is 3.03. The standard InChI is InChI=1S/C10H21NOSi/c1-8-9(13(2,3)4)6-5-7-10(12)11-8/h8-9H,5-7H2,1-4H3,(H,11,12)/t8-,9+/m0/s1. The Morgan fingerprint density at radius 2 is 2.00 bits per heavy atom. The van der Waals surface area contributed by atoms with E-state index in [0.29, 0.717) is 6.04 Å². The Balaban J connectivity index is 2.69. The molecule has 0 aromatic carbocycles. The maximum absolute atomic E-state index is 11.3. The first-order valence-electron chi connectivity index (χ1n) is 5.20. The molecule has 76 valence electrons. The zero-order valence-electron chi connectivity index (χ0n) is 9.18. The second-order valence-electron chi connectivity index (χ2n) is 5.22. The highest BCUT2D eigenvalue weighted by atomic mass is 28.3. The fourth-order valence-electron chi connectivity index (χ4n) is 2.34. The van der Waals surface area contributed by atoms with Crippen LogP contribution >= 0.6 is 0 Å². The van der Waals surface area contributed by atoms with Crippen LogP contribution in [0.4, 0.5) is 0 Å². The maximum atomic E-state index is 11.3. The van der Waals surface area contributed by atoms with Crippen molar-refractivity contribution in [2.75, 3.05) is 0 Å². The maximum Gasteiger partial charge on any atom is 0.220 e. The minimum absolute atomic E-state index is 0.244. The molecule has 1 aliphatic rings. The van der Waals surface area contributed by atoms with E-state index in [-0.39, 0.29) is 5.91 Å². The second-order valence-corrected chi connectivity index (χ2v) is 10.7. The molecular weight excluding hydrogens is 178 g/mol. The number of rotatable bonds is 1. The summed E-state index contributed by atoms with van der Waals surface area (Å²) < 4.78 is 0. The molecule has 1 saturated heterocycles. The molecule has 0 unspecified atom stereocenters. The van der Waals surface area contributed by atoms with Crippen LogP contribution in [-0.4, -0.2) is 20.0 Å². The topological polar surface area (TPSA) is 29.1 Å². The van der Waals surface area contributed by atoms with Crippen LogP contribution < -0.4 is 5.32 Å². The van der Waals surface area contributed by atoms with E-state index in [2.05, 4.69) is 31.9 Å². The van der Waals surface area contributed by atoms with Crippen molar-refractivity contribution in [3.05, 3.63) is 0 Å². The fraction of sp³-hybridized carbons (Fsp3) is 0.900. The Labute approximate surface area is 82.1 Å². The quantitative estimate of drug-likeness (QED) is 0.646. The van der Waals surface area contributed by atoms with Crippen LogP contribution in [0.3, 0.4) is 0 Å². The summed E-state index contributed by atoms with van der Waals surface area (Å²) in [7, 11) is -1.10. The number of carbonyl (C=O) groups excluding carboxylic acids is 1. The summed E-state index contributed by atoms with van der Waals surface area (Å²) in [4.78, 5) is 11.3. The monoisotopic (exact) mass is 199 g/mol. The van der Waals surface area contributed by atoms with Gasteiger partial charge < -0.3 is 5.32 Å². The number of amides is 1. The number of hydrogen-bond acceptors (Lipinski definition) is 1. The molecule has 0 aromatic rings. The lowest BCUT2D eigenvalue weighted by molar-refractivity contribution is -0.121. The molecule has 0 aromatic heterocycles. The number of carbonyl (C=O) groups is 1. The molecule has 0 bridgehead atoms. The van der Waals surface area contributed by atoms with Crippen molar-refractivity contribution in [2.24, 2.45) is 0 Å². The third kappa shape index (κ3) is 2.83. The van der Waals surface area contributed by atoms with E-state index in [1.807, 2.05) is 0 Å². The van der Waals surface area contributed by atoms with Gasteiger partial charge in [-0.25, -0.2) is 0 Å². The Kier molecular flexibility index (Phi) is 3.17. The van der Waals surface area contributed by atoms with Crippen molar-refractivity contribution in [3.8, 4) is 0 Å². The van der Waals surface area contributed by atoms with Crippen LogP contribution in [0, 0.1) is 0 Å². The van der Waals surface area contributed by atoms with Crippen molar-refractivity contribution in [3.63, 3.8) is 0 Å². The van der Waals surface area contributed by atoms with Crippen LogP contribution in [-0.2, 0) is 4.79 Å². The average Bonchev–Trinajstić information content (AvgIpc) is 2.08. The Hall–Kier alpha value is -0.313. The first-order valence-corrected chi connectivity index (χ1v) is 8.78. The van der Waals surface area contributed by atoms with Crippen molar-refractivity contribution in [1.82, 2.24) is 5.32 Å². The van der Waals surface area contributed by atoms with Crippen LogP contribution in [0.2, 0.25) is 25.2 Å². The van der Waals surface area contributed by atoms with Gasteiger partial charge in [-0.3, -0.25) is 4.79 Å². The summed E-state index contributed by atoms with van der Waals surface area (Å²) in [5.74, 6) is 0.244. The van der Waals surface area contributed by atoms with Gasteiger partial charge in [-0.1, -0.05) is 26.1 Å².